The summed E-state index contributed by atoms with van der Waals surface area (Å²) in [6, 6.07) is 12.0. The average Bonchev–Trinajstić information content (AvgIpc) is 3.36. The summed E-state index contributed by atoms with van der Waals surface area (Å²) in [5.74, 6) is -2.42. The number of likely N-dealkylation sites (tertiary alicyclic amines) is 1. The number of rotatable bonds is 4. The van der Waals surface area contributed by atoms with Crippen LogP contribution in [-0.2, 0) is 26.5 Å². The van der Waals surface area contributed by atoms with Gasteiger partial charge in [0.2, 0.25) is 17.7 Å². The fraction of sp³-hybridized carbons (Fsp3) is 0.375. The Bertz CT molecular complexity index is 1150. The zero-order valence-corrected chi connectivity index (χ0v) is 18.1. The molecule has 0 unspecified atom stereocenters. The van der Waals surface area contributed by atoms with Crippen LogP contribution in [0, 0.1) is 18.8 Å². The monoisotopic (exact) mass is 435 g/mol. The second-order valence-electron chi connectivity index (χ2n) is 8.75. The van der Waals surface area contributed by atoms with Crippen LogP contribution in [-0.4, -0.2) is 47.0 Å². The van der Waals surface area contributed by atoms with Crippen LogP contribution in [0.2, 0.25) is 0 Å². The minimum absolute atomic E-state index is 0.0413. The first-order valence-corrected chi connectivity index (χ1v) is 10.7. The highest BCUT2D eigenvalue weighted by Crippen LogP contribution is 2.54. The number of ether oxygens (including phenoxy) is 1. The van der Waals surface area contributed by atoms with Gasteiger partial charge in [-0.3, -0.25) is 24.6 Å². The van der Waals surface area contributed by atoms with Crippen LogP contribution in [0.1, 0.15) is 23.6 Å². The molecule has 0 radical (unpaired) electrons. The largest absolute Gasteiger partial charge is 0.496 e. The summed E-state index contributed by atoms with van der Waals surface area (Å²) < 4.78 is 5.38. The molecule has 0 saturated carbocycles. The van der Waals surface area contributed by atoms with Gasteiger partial charge in [0.25, 0.3) is 0 Å². The zero-order valence-electron chi connectivity index (χ0n) is 18.1. The lowest BCUT2D eigenvalue weighted by molar-refractivity contribution is -0.143. The molecule has 3 amide bonds. The summed E-state index contributed by atoms with van der Waals surface area (Å²) in [6.07, 6.45) is -0.938. The van der Waals surface area contributed by atoms with E-state index in [1.807, 2.05) is 31.2 Å². The first-order chi connectivity index (χ1) is 15.3. The Labute approximate surface area is 185 Å². The molecule has 3 aliphatic rings. The fourth-order valence-corrected chi connectivity index (χ4v) is 5.54. The molecule has 5 rings (SSSR count). The first kappa shape index (κ1) is 20.7. The molecule has 0 aromatic heterocycles. The van der Waals surface area contributed by atoms with Gasteiger partial charge in [-0.15, -0.1) is 0 Å². The second kappa shape index (κ2) is 7.15. The number of aliphatic hydroxyl groups excluding tert-OH is 1. The Morgan fingerprint density at radius 1 is 1.12 bits per heavy atom. The van der Waals surface area contributed by atoms with E-state index in [1.54, 1.807) is 25.1 Å². The quantitative estimate of drug-likeness (QED) is 0.625. The maximum absolute atomic E-state index is 13.7. The summed E-state index contributed by atoms with van der Waals surface area (Å²) >= 11 is 0. The van der Waals surface area contributed by atoms with Gasteiger partial charge in [-0.1, -0.05) is 36.4 Å². The van der Waals surface area contributed by atoms with E-state index in [4.69, 9.17) is 4.74 Å². The van der Waals surface area contributed by atoms with Crippen molar-refractivity contribution >= 4 is 23.4 Å². The van der Waals surface area contributed by atoms with E-state index >= 15 is 0 Å². The number of carbonyl (C=O) groups excluding carboxylic acids is 3. The van der Waals surface area contributed by atoms with Gasteiger partial charge >= 0.3 is 0 Å². The number of nitrogens with one attached hydrogen (secondary N) is 2. The van der Waals surface area contributed by atoms with Gasteiger partial charge in [0, 0.05) is 22.9 Å². The van der Waals surface area contributed by atoms with Gasteiger partial charge in [-0.05, 0) is 25.5 Å². The number of carbonyl (C=O) groups is 3. The smallest absolute Gasteiger partial charge is 0.250 e. The third kappa shape index (κ3) is 2.59. The van der Waals surface area contributed by atoms with E-state index in [1.165, 1.54) is 12.0 Å². The Kier molecular flexibility index (Phi) is 4.61. The van der Waals surface area contributed by atoms with Gasteiger partial charge in [0.05, 0.1) is 31.6 Å². The number of hydrogen-bond acceptors (Lipinski definition) is 6. The van der Waals surface area contributed by atoms with E-state index < -0.39 is 41.3 Å². The lowest BCUT2D eigenvalue weighted by Crippen LogP contribution is -2.54. The van der Waals surface area contributed by atoms with E-state index in [-0.39, 0.29) is 12.5 Å². The van der Waals surface area contributed by atoms with Crippen LogP contribution in [0.5, 0.6) is 5.75 Å². The number of imide groups is 1. The van der Waals surface area contributed by atoms with E-state index in [9.17, 15) is 19.5 Å². The molecule has 3 N–H and O–H groups in total. The number of hydrogen-bond donors (Lipinski definition) is 3. The average molecular weight is 435 g/mol. The number of anilines is 1. The molecule has 166 valence electrons. The number of aliphatic hydroxyl groups is 1. The normalized spacial score (nSPS) is 29.3. The minimum Gasteiger partial charge on any atom is -0.496 e. The Hall–Kier alpha value is -3.23. The lowest BCUT2D eigenvalue weighted by atomic mass is 9.76. The maximum Gasteiger partial charge on any atom is 0.250 e. The van der Waals surface area contributed by atoms with Crippen molar-refractivity contribution in [2.24, 2.45) is 11.8 Å². The molecule has 8 nitrogen and oxygen atoms in total. The molecule has 8 heteroatoms. The predicted molar refractivity (Wildman–Crippen MR) is 116 cm³/mol. The fourth-order valence-electron chi connectivity index (χ4n) is 5.54. The topological polar surface area (TPSA) is 108 Å². The molecule has 2 fully saturated rings. The first-order valence-electron chi connectivity index (χ1n) is 10.7. The number of para-hydroxylation sites is 2. The highest BCUT2D eigenvalue weighted by Gasteiger charge is 2.71. The molecular formula is C24H25N3O5. The zero-order chi connectivity index (χ0) is 22.8. The Balaban J connectivity index is 1.62. The van der Waals surface area contributed by atoms with Crippen molar-refractivity contribution < 1.29 is 24.2 Å². The van der Waals surface area contributed by atoms with Gasteiger partial charge in [0.1, 0.15) is 11.3 Å². The summed E-state index contributed by atoms with van der Waals surface area (Å²) in [4.78, 5) is 41.8. The standard InChI is InChI=1S/C24H25N3O5/c1-12-7-6-9-15-19(12)25-23(31)24(15)18-17(20(26-24)13(2)28)21(29)27(22(18)30)11-14-8-4-5-10-16(14)32-3/h4-10,13,17-18,20,26,28H,11H2,1-3H3,(H,25,31)/t13-,17-,18-,20-,24-/m0/s1. The third-order valence-electron chi connectivity index (χ3n) is 7.03. The van der Waals surface area contributed by atoms with Crippen LogP contribution in [0.15, 0.2) is 42.5 Å². The van der Waals surface area contributed by atoms with Crippen LogP contribution < -0.4 is 15.4 Å². The number of aryl methyl sites for hydroxylation is 1. The molecule has 0 aliphatic carbocycles. The molecule has 32 heavy (non-hydrogen) atoms. The summed E-state index contributed by atoms with van der Waals surface area (Å²) in [6.45, 7) is 3.49. The van der Waals surface area contributed by atoms with Crippen molar-refractivity contribution in [1.82, 2.24) is 10.2 Å². The van der Waals surface area contributed by atoms with Crippen LogP contribution in [0.25, 0.3) is 0 Å². The van der Waals surface area contributed by atoms with Crippen LogP contribution in [0.4, 0.5) is 5.69 Å². The molecule has 2 aromatic rings. The molecule has 2 saturated heterocycles. The van der Waals surface area contributed by atoms with E-state index in [2.05, 4.69) is 10.6 Å². The van der Waals surface area contributed by atoms with Gasteiger partial charge < -0.3 is 15.2 Å². The lowest BCUT2D eigenvalue weighted by Gasteiger charge is -2.30. The molecule has 2 aromatic carbocycles. The number of fused-ring (bicyclic) bond motifs is 4. The molecule has 3 aliphatic heterocycles. The molecular weight excluding hydrogens is 410 g/mol. The molecule has 1 spiro atoms. The number of benzene rings is 2. The molecule has 5 atom stereocenters. The number of nitrogens with zero attached hydrogens (tertiary/aromatic N) is 1. The van der Waals surface area contributed by atoms with Crippen molar-refractivity contribution in [2.45, 2.75) is 38.1 Å². The number of methoxy groups -OCH3 is 1. The Morgan fingerprint density at radius 2 is 1.88 bits per heavy atom. The minimum atomic E-state index is -1.41. The molecule has 0 bridgehead atoms. The van der Waals surface area contributed by atoms with Crippen molar-refractivity contribution in [2.75, 3.05) is 12.4 Å². The summed E-state index contributed by atoms with van der Waals surface area (Å²) in [5.41, 5.74) is 1.45. The van der Waals surface area contributed by atoms with Gasteiger partial charge in [0.15, 0.2) is 0 Å². The Morgan fingerprint density at radius 3 is 2.59 bits per heavy atom. The van der Waals surface area contributed by atoms with Crippen molar-refractivity contribution in [3.63, 3.8) is 0 Å². The van der Waals surface area contributed by atoms with Crippen molar-refractivity contribution in [3.05, 3.63) is 59.2 Å². The molecule has 3 heterocycles. The van der Waals surface area contributed by atoms with Crippen molar-refractivity contribution in [3.8, 4) is 5.75 Å². The maximum atomic E-state index is 13.7. The van der Waals surface area contributed by atoms with E-state index in [0.29, 0.717) is 22.6 Å². The summed E-state index contributed by atoms with van der Waals surface area (Å²) in [5, 5.41) is 16.6. The SMILES string of the molecule is COc1ccccc1CN1C(=O)[C@@H]2[C@H]([C@H](C)O)N[C@]3(C(=O)Nc4c(C)cccc43)[C@@H]2C1=O. The van der Waals surface area contributed by atoms with E-state index in [0.717, 1.165) is 5.56 Å². The third-order valence-corrected chi connectivity index (χ3v) is 7.03. The highest BCUT2D eigenvalue weighted by molar-refractivity contribution is 6.15. The second-order valence-corrected chi connectivity index (χ2v) is 8.75. The predicted octanol–water partition coefficient (Wildman–Crippen LogP) is 1.31. The summed E-state index contributed by atoms with van der Waals surface area (Å²) in [7, 11) is 1.53. The van der Waals surface area contributed by atoms with Gasteiger partial charge in [-0.25, -0.2) is 0 Å². The van der Waals surface area contributed by atoms with Gasteiger partial charge in [-0.2, -0.15) is 0 Å². The van der Waals surface area contributed by atoms with Crippen LogP contribution >= 0.6 is 0 Å². The van der Waals surface area contributed by atoms with Crippen LogP contribution in [0.3, 0.4) is 0 Å². The number of amides is 3. The van der Waals surface area contributed by atoms with Crippen molar-refractivity contribution in [1.29, 1.82) is 0 Å². The highest BCUT2D eigenvalue weighted by atomic mass is 16.5.